The number of rotatable bonds is 4. The average Bonchev–Trinajstić information content (AvgIpc) is 2.97. The van der Waals surface area contributed by atoms with Gasteiger partial charge in [0.25, 0.3) is 0 Å². The molecular formula is C15H23N5. The van der Waals surface area contributed by atoms with Crippen molar-refractivity contribution in [2.75, 3.05) is 6.54 Å². The van der Waals surface area contributed by atoms with Crippen LogP contribution in [0.15, 0.2) is 18.7 Å². The van der Waals surface area contributed by atoms with E-state index in [1.165, 1.54) is 36.8 Å². The van der Waals surface area contributed by atoms with E-state index in [9.17, 15) is 0 Å². The lowest BCUT2D eigenvalue weighted by Crippen LogP contribution is -2.20. The van der Waals surface area contributed by atoms with Gasteiger partial charge in [0.2, 0.25) is 0 Å². The molecule has 0 spiro atoms. The molecule has 3 rings (SSSR count). The van der Waals surface area contributed by atoms with Crippen LogP contribution in [0.5, 0.6) is 0 Å². The first-order valence-corrected chi connectivity index (χ1v) is 7.52. The Morgan fingerprint density at radius 2 is 2.25 bits per heavy atom. The van der Waals surface area contributed by atoms with E-state index < -0.39 is 0 Å². The van der Waals surface area contributed by atoms with Crippen LogP contribution in [0, 0.1) is 0 Å². The molecule has 2 heterocycles. The van der Waals surface area contributed by atoms with Crippen molar-refractivity contribution < 1.29 is 0 Å². The van der Waals surface area contributed by atoms with Crippen molar-refractivity contribution in [1.82, 2.24) is 24.6 Å². The Bertz CT molecular complexity index is 569. The molecule has 0 bridgehead atoms. The highest BCUT2D eigenvalue weighted by Crippen LogP contribution is 2.29. The smallest absolute Gasteiger partial charge is 0.152 e. The van der Waals surface area contributed by atoms with Crippen molar-refractivity contribution in [2.45, 2.75) is 45.2 Å². The van der Waals surface area contributed by atoms with E-state index in [0.29, 0.717) is 6.04 Å². The summed E-state index contributed by atoms with van der Waals surface area (Å²) < 4.78 is 4.23. The van der Waals surface area contributed by atoms with Gasteiger partial charge in [0.05, 0.1) is 6.54 Å². The minimum Gasteiger partial charge on any atom is -0.346 e. The Hall–Kier alpha value is -1.62. The number of hydrogen-bond donors (Lipinski definition) is 1. The zero-order valence-electron chi connectivity index (χ0n) is 12.3. The third-order valence-electron chi connectivity index (χ3n) is 4.14. The van der Waals surface area contributed by atoms with Crippen molar-refractivity contribution in [3.05, 3.63) is 35.7 Å². The molecule has 1 atom stereocenters. The maximum absolute atomic E-state index is 4.17. The van der Waals surface area contributed by atoms with Crippen LogP contribution in [-0.2, 0) is 20.0 Å². The lowest BCUT2D eigenvalue weighted by Gasteiger charge is -2.15. The van der Waals surface area contributed by atoms with Gasteiger partial charge in [-0.3, -0.25) is 0 Å². The van der Waals surface area contributed by atoms with Gasteiger partial charge in [0, 0.05) is 25.5 Å². The molecule has 0 aliphatic heterocycles. The normalized spacial score (nSPS) is 18.8. The number of nitrogens with one attached hydrogen (secondary N) is 1. The molecule has 108 valence electrons. The molecule has 5 nitrogen and oxygen atoms in total. The number of hydrogen-bond acceptors (Lipinski definition) is 3. The first-order valence-electron chi connectivity index (χ1n) is 7.52. The Morgan fingerprint density at radius 1 is 1.35 bits per heavy atom. The molecule has 2 aromatic rings. The predicted octanol–water partition coefficient (Wildman–Crippen LogP) is 2.04. The van der Waals surface area contributed by atoms with Crippen LogP contribution in [0.3, 0.4) is 0 Å². The second-order valence-corrected chi connectivity index (χ2v) is 5.63. The Kier molecular flexibility index (Phi) is 3.87. The lowest BCUT2D eigenvalue weighted by atomic mass is 10.0. The topological polar surface area (TPSA) is 47.7 Å². The number of nitrogens with zero attached hydrogens (tertiary/aromatic N) is 4. The Balaban J connectivity index is 1.85. The minimum absolute atomic E-state index is 0.512. The third kappa shape index (κ3) is 2.63. The zero-order valence-corrected chi connectivity index (χ0v) is 12.3. The summed E-state index contributed by atoms with van der Waals surface area (Å²) in [6, 6.07) is 0.512. The molecule has 0 amide bonds. The van der Waals surface area contributed by atoms with Crippen LogP contribution in [0.25, 0.3) is 0 Å². The fraction of sp³-hybridized carbons (Fsp3) is 0.600. The van der Waals surface area contributed by atoms with Crippen molar-refractivity contribution in [2.24, 2.45) is 7.05 Å². The third-order valence-corrected chi connectivity index (χ3v) is 4.14. The second-order valence-electron chi connectivity index (χ2n) is 5.63. The predicted molar refractivity (Wildman–Crippen MR) is 78.5 cm³/mol. The lowest BCUT2D eigenvalue weighted by molar-refractivity contribution is 0.502. The van der Waals surface area contributed by atoms with Gasteiger partial charge in [0.15, 0.2) is 5.82 Å². The highest BCUT2D eigenvalue weighted by Gasteiger charge is 2.20. The SMILES string of the molecule is CCNC1CCCCc2cn(Cc3nncn3C)cc21. The summed E-state index contributed by atoms with van der Waals surface area (Å²) in [5, 5.41) is 11.7. The zero-order chi connectivity index (χ0) is 13.9. The maximum atomic E-state index is 4.17. The van der Waals surface area contributed by atoms with Crippen LogP contribution in [0.2, 0.25) is 0 Å². The van der Waals surface area contributed by atoms with Crippen LogP contribution >= 0.6 is 0 Å². The van der Waals surface area contributed by atoms with Crippen LogP contribution in [0.4, 0.5) is 0 Å². The molecule has 0 radical (unpaired) electrons. The molecule has 0 aromatic carbocycles. The fourth-order valence-corrected chi connectivity index (χ4v) is 3.08. The molecular weight excluding hydrogens is 250 g/mol. The summed E-state index contributed by atoms with van der Waals surface area (Å²) in [6.07, 6.45) is 11.4. The Labute approximate surface area is 120 Å². The minimum atomic E-state index is 0.512. The summed E-state index contributed by atoms with van der Waals surface area (Å²) in [4.78, 5) is 0. The van der Waals surface area contributed by atoms with Gasteiger partial charge in [0.1, 0.15) is 6.33 Å². The van der Waals surface area contributed by atoms with Crippen molar-refractivity contribution >= 4 is 0 Å². The van der Waals surface area contributed by atoms with E-state index in [1.54, 1.807) is 6.33 Å². The highest BCUT2D eigenvalue weighted by molar-refractivity contribution is 5.29. The van der Waals surface area contributed by atoms with E-state index in [-0.39, 0.29) is 0 Å². The van der Waals surface area contributed by atoms with E-state index in [2.05, 4.69) is 39.4 Å². The van der Waals surface area contributed by atoms with Gasteiger partial charge < -0.3 is 14.5 Å². The largest absolute Gasteiger partial charge is 0.346 e. The first kappa shape index (κ1) is 13.4. The van der Waals surface area contributed by atoms with E-state index in [0.717, 1.165) is 18.9 Å². The highest BCUT2D eigenvalue weighted by atomic mass is 15.3. The van der Waals surface area contributed by atoms with Crippen molar-refractivity contribution in [3.8, 4) is 0 Å². The van der Waals surface area contributed by atoms with Crippen LogP contribution < -0.4 is 5.32 Å². The molecule has 20 heavy (non-hydrogen) atoms. The summed E-state index contributed by atoms with van der Waals surface area (Å²) in [5.41, 5.74) is 2.97. The van der Waals surface area contributed by atoms with Crippen LogP contribution in [-0.4, -0.2) is 25.9 Å². The quantitative estimate of drug-likeness (QED) is 0.867. The van der Waals surface area contributed by atoms with E-state index in [4.69, 9.17) is 0 Å². The van der Waals surface area contributed by atoms with Gasteiger partial charge in [-0.2, -0.15) is 0 Å². The second kappa shape index (κ2) is 5.79. The van der Waals surface area contributed by atoms with E-state index in [1.807, 2.05) is 11.6 Å². The van der Waals surface area contributed by atoms with Gasteiger partial charge in [-0.25, -0.2) is 0 Å². The molecule has 2 aromatic heterocycles. The van der Waals surface area contributed by atoms with Gasteiger partial charge in [-0.05, 0) is 36.9 Å². The molecule has 1 aliphatic rings. The molecule has 5 heteroatoms. The summed E-state index contributed by atoms with van der Waals surface area (Å²) >= 11 is 0. The molecule has 0 saturated carbocycles. The molecule has 1 aliphatic carbocycles. The molecule has 0 saturated heterocycles. The van der Waals surface area contributed by atoms with Crippen molar-refractivity contribution in [3.63, 3.8) is 0 Å². The maximum Gasteiger partial charge on any atom is 0.152 e. The molecule has 0 fully saturated rings. The average molecular weight is 273 g/mol. The summed E-state index contributed by atoms with van der Waals surface area (Å²) in [7, 11) is 1.99. The van der Waals surface area contributed by atoms with Gasteiger partial charge in [-0.15, -0.1) is 10.2 Å². The summed E-state index contributed by atoms with van der Waals surface area (Å²) in [5.74, 6) is 0.996. The molecule has 1 unspecified atom stereocenters. The monoisotopic (exact) mass is 273 g/mol. The van der Waals surface area contributed by atoms with Crippen molar-refractivity contribution in [1.29, 1.82) is 0 Å². The molecule has 1 N–H and O–H groups in total. The standard InChI is InChI=1S/C15H23N5/c1-3-16-14-7-5-4-6-12-8-20(9-13(12)14)10-15-18-17-11-19(15)2/h8-9,11,14,16H,3-7,10H2,1-2H3. The first-order chi connectivity index (χ1) is 9.78. The number of fused-ring (bicyclic) bond motifs is 1. The summed E-state index contributed by atoms with van der Waals surface area (Å²) in [6.45, 7) is 4.00. The van der Waals surface area contributed by atoms with Gasteiger partial charge >= 0.3 is 0 Å². The van der Waals surface area contributed by atoms with Crippen LogP contribution in [0.1, 0.15) is 49.2 Å². The van der Waals surface area contributed by atoms with Gasteiger partial charge in [-0.1, -0.05) is 13.3 Å². The van der Waals surface area contributed by atoms with E-state index >= 15 is 0 Å². The fourth-order valence-electron chi connectivity index (χ4n) is 3.08. The number of aryl methyl sites for hydroxylation is 2. The number of aromatic nitrogens is 4. The Morgan fingerprint density at radius 3 is 3.00 bits per heavy atom.